The number of amides is 1. The molecule has 110 valence electrons. The molecule has 1 amide bonds. The van der Waals surface area contributed by atoms with E-state index in [2.05, 4.69) is 35.1 Å². The Morgan fingerprint density at radius 1 is 1.35 bits per heavy atom. The maximum atomic E-state index is 12.0. The van der Waals surface area contributed by atoms with Gasteiger partial charge in [0, 0.05) is 10.2 Å². The number of para-hydroxylation sites is 1. The van der Waals surface area contributed by atoms with Crippen molar-refractivity contribution in [1.29, 1.82) is 0 Å². The number of hydrogen-bond acceptors (Lipinski definition) is 2. The van der Waals surface area contributed by atoms with E-state index < -0.39 is 5.54 Å². The average molecular weight is 339 g/mol. The summed E-state index contributed by atoms with van der Waals surface area (Å²) in [5, 5.41) is 3.40. The number of anilines is 1. The van der Waals surface area contributed by atoms with Crippen LogP contribution >= 0.6 is 15.9 Å². The van der Waals surface area contributed by atoms with Crippen molar-refractivity contribution >= 4 is 27.5 Å². The van der Waals surface area contributed by atoms with Gasteiger partial charge in [0.1, 0.15) is 5.54 Å². The molecule has 3 nitrogen and oxygen atoms in total. The summed E-state index contributed by atoms with van der Waals surface area (Å²) < 4.78 is 0.964. The lowest BCUT2D eigenvalue weighted by atomic mass is 9.72. The van der Waals surface area contributed by atoms with Gasteiger partial charge in [-0.3, -0.25) is 4.79 Å². The third kappa shape index (κ3) is 3.17. The first-order valence-corrected chi connectivity index (χ1v) is 8.06. The summed E-state index contributed by atoms with van der Waals surface area (Å²) in [4.78, 5) is 12.0. The Morgan fingerprint density at radius 3 is 2.45 bits per heavy atom. The Labute approximate surface area is 129 Å². The molecule has 0 aliphatic heterocycles. The smallest absolute Gasteiger partial charge is 0.243 e. The largest absolute Gasteiger partial charge is 0.370 e. The highest BCUT2D eigenvalue weighted by Gasteiger charge is 2.41. The minimum Gasteiger partial charge on any atom is -0.370 e. The fraction of sp³-hybridized carbons (Fsp3) is 0.562. The summed E-state index contributed by atoms with van der Waals surface area (Å²) in [6, 6.07) is 7.86. The van der Waals surface area contributed by atoms with E-state index in [0.29, 0.717) is 11.8 Å². The second-order valence-electron chi connectivity index (χ2n) is 6.13. The van der Waals surface area contributed by atoms with Crippen LogP contribution in [0.3, 0.4) is 0 Å². The van der Waals surface area contributed by atoms with Crippen LogP contribution in [0.15, 0.2) is 28.7 Å². The summed E-state index contributed by atoms with van der Waals surface area (Å²) in [5.41, 5.74) is 6.04. The molecule has 1 aromatic carbocycles. The van der Waals surface area contributed by atoms with Crippen molar-refractivity contribution in [2.45, 2.75) is 45.1 Å². The number of halogens is 1. The minimum atomic E-state index is -0.602. The van der Waals surface area contributed by atoms with Gasteiger partial charge in [-0.05, 0) is 65.6 Å². The second kappa shape index (κ2) is 6.17. The third-order valence-electron chi connectivity index (χ3n) is 4.55. The van der Waals surface area contributed by atoms with Crippen LogP contribution in [0.25, 0.3) is 0 Å². The molecular formula is C16H23BrN2O. The van der Waals surface area contributed by atoms with Gasteiger partial charge in [-0.2, -0.15) is 0 Å². The summed E-state index contributed by atoms with van der Waals surface area (Å²) in [6.07, 6.45) is 3.73. The molecule has 1 aliphatic rings. The molecule has 0 spiro atoms. The van der Waals surface area contributed by atoms with Gasteiger partial charge in [0.2, 0.25) is 5.91 Å². The van der Waals surface area contributed by atoms with Gasteiger partial charge in [0.15, 0.2) is 0 Å². The van der Waals surface area contributed by atoms with E-state index >= 15 is 0 Å². The maximum Gasteiger partial charge on any atom is 0.243 e. The van der Waals surface area contributed by atoms with Gasteiger partial charge in [-0.25, -0.2) is 0 Å². The number of nitrogens with two attached hydrogens (primary N) is 1. The molecule has 1 aromatic rings. The summed E-state index contributed by atoms with van der Waals surface area (Å²) in [7, 11) is 0. The van der Waals surface area contributed by atoms with E-state index in [0.717, 1.165) is 35.8 Å². The Hall–Kier alpha value is -1.03. The second-order valence-corrected chi connectivity index (χ2v) is 6.99. The van der Waals surface area contributed by atoms with Crippen LogP contribution in [-0.4, -0.2) is 11.4 Å². The van der Waals surface area contributed by atoms with Crippen LogP contribution in [0.5, 0.6) is 0 Å². The van der Waals surface area contributed by atoms with Crippen molar-refractivity contribution in [2.75, 3.05) is 5.32 Å². The number of carbonyl (C=O) groups excluding carboxylic acids is 1. The topological polar surface area (TPSA) is 55.1 Å². The van der Waals surface area contributed by atoms with Gasteiger partial charge < -0.3 is 11.1 Å². The van der Waals surface area contributed by atoms with E-state index in [1.54, 1.807) is 0 Å². The molecule has 0 radical (unpaired) electrons. The quantitative estimate of drug-likeness (QED) is 0.873. The summed E-state index contributed by atoms with van der Waals surface area (Å²) >= 11 is 3.52. The van der Waals surface area contributed by atoms with E-state index in [1.165, 1.54) is 0 Å². The standard InChI is InChI=1S/C16H23BrN2O/c1-11(2)12-7-9-16(10-8-12,15(18)20)19-14-6-4-3-5-13(14)17/h3-6,11-12,19H,7-10H2,1-2H3,(H2,18,20). The monoisotopic (exact) mass is 338 g/mol. The molecular weight excluding hydrogens is 316 g/mol. The Morgan fingerprint density at radius 2 is 1.95 bits per heavy atom. The lowest BCUT2D eigenvalue weighted by Crippen LogP contribution is -2.53. The van der Waals surface area contributed by atoms with Crippen molar-refractivity contribution in [3.63, 3.8) is 0 Å². The van der Waals surface area contributed by atoms with Crippen LogP contribution in [0.1, 0.15) is 39.5 Å². The van der Waals surface area contributed by atoms with Crippen LogP contribution in [0.4, 0.5) is 5.69 Å². The van der Waals surface area contributed by atoms with Crippen LogP contribution in [0, 0.1) is 11.8 Å². The molecule has 0 aromatic heterocycles. The number of hydrogen-bond donors (Lipinski definition) is 2. The predicted octanol–water partition coefficient (Wildman–Crippen LogP) is 3.93. The highest BCUT2D eigenvalue weighted by atomic mass is 79.9. The molecule has 3 N–H and O–H groups in total. The number of carbonyl (C=O) groups is 1. The van der Waals surface area contributed by atoms with Gasteiger partial charge in [0.05, 0.1) is 0 Å². The van der Waals surface area contributed by atoms with Crippen LogP contribution in [-0.2, 0) is 4.79 Å². The zero-order chi connectivity index (χ0) is 14.8. The first-order valence-electron chi connectivity index (χ1n) is 7.27. The SMILES string of the molecule is CC(C)C1CCC(Nc2ccccc2Br)(C(N)=O)CC1. The molecule has 1 aliphatic carbocycles. The molecule has 1 saturated carbocycles. The van der Waals surface area contributed by atoms with E-state index in [4.69, 9.17) is 5.73 Å². The zero-order valence-electron chi connectivity index (χ0n) is 12.2. The average Bonchev–Trinajstić information content (AvgIpc) is 2.42. The van der Waals surface area contributed by atoms with Gasteiger partial charge >= 0.3 is 0 Å². The predicted molar refractivity (Wildman–Crippen MR) is 86.5 cm³/mol. The molecule has 0 atom stereocenters. The number of rotatable bonds is 4. The normalized spacial score (nSPS) is 26.5. The Balaban J connectivity index is 2.16. The molecule has 1 fully saturated rings. The van der Waals surface area contributed by atoms with E-state index in [9.17, 15) is 4.79 Å². The van der Waals surface area contributed by atoms with E-state index in [-0.39, 0.29) is 5.91 Å². The summed E-state index contributed by atoms with van der Waals surface area (Å²) in [6.45, 7) is 4.51. The number of nitrogens with one attached hydrogen (secondary N) is 1. The summed E-state index contributed by atoms with van der Waals surface area (Å²) in [5.74, 6) is 1.13. The van der Waals surface area contributed by atoms with Crippen LogP contribution in [0.2, 0.25) is 0 Å². The lowest BCUT2D eigenvalue weighted by molar-refractivity contribution is -0.123. The van der Waals surface area contributed by atoms with Crippen molar-refractivity contribution < 1.29 is 4.79 Å². The highest BCUT2D eigenvalue weighted by molar-refractivity contribution is 9.10. The molecule has 20 heavy (non-hydrogen) atoms. The highest BCUT2D eigenvalue weighted by Crippen LogP contribution is 2.38. The molecule has 2 rings (SSSR count). The van der Waals surface area contributed by atoms with Crippen molar-refractivity contribution in [3.05, 3.63) is 28.7 Å². The van der Waals surface area contributed by atoms with Gasteiger partial charge in [0.25, 0.3) is 0 Å². The Bertz CT molecular complexity index is 479. The molecule has 0 unspecified atom stereocenters. The lowest BCUT2D eigenvalue weighted by Gasteiger charge is -2.40. The number of benzene rings is 1. The van der Waals surface area contributed by atoms with Crippen LogP contribution < -0.4 is 11.1 Å². The van der Waals surface area contributed by atoms with E-state index in [1.807, 2.05) is 24.3 Å². The fourth-order valence-corrected chi connectivity index (χ4v) is 3.44. The molecule has 0 saturated heterocycles. The fourth-order valence-electron chi connectivity index (χ4n) is 3.05. The number of primary amides is 1. The van der Waals surface area contributed by atoms with Crippen molar-refractivity contribution in [1.82, 2.24) is 0 Å². The third-order valence-corrected chi connectivity index (χ3v) is 5.24. The zero-order valence-corrected chi connectivity index (χ0v) is 13.7. The molecule has 0 heterocycles. The first-order chi connectivity index (χ1) is 9.44. The minimum absolute atomic E-state index is 0.240. The van der Waals surface area contributed by atoms with Crippen molar-refractivity contribution in [2.24, 2.45) is 17.6 Å². The molecule has 4 heteroatoms. The van der Waals surface area contributed by atoms with Gasteiger partial charge in [-0.1, -0.05) is 26.0 Å². The molecule has 0 bridgehead atoms. The Kier molecular flexibility index (Phi) is 4.74. The van der Waals surface area contributed by atoms with Crippen molar-refractivity contribution in [3.8, 4) is 0 Å². The maximum absolute atomic E-state index is 12.0. The first kappa shape index (κ1) is 15.4. The van der Waals surface area contributed by atoms with Gasteiger partial charge in [-0.15, -0.1) is 0 Å².